The molecule has 0 spiro atoms. The van der Waals surface area contributed by atoms with Crippen LogP contribution in [0.1, 0.15) is 27.0 Å². The Morgan fingerprint density at radius 2 is 2.07 bits per heavy atom. The largest absolute Gasteiger partial charge is 0.476 e. The van der Waals surface area contributed by atoms with E-state index in [4.69, 9.17) is 29.0 Å². The summed E-state index contributed by atoms with van der Waals surface area (Å²) in [4.78, 5) is 27.8. The zero-order valence-electron chi connectivity index (χ0n) is 24.8. The van der Waals surface area contributed by atoms with Crippen LogP contribution in [0.3, 0.4) is 0 Å². The summed E-state index contributed by atoms with van der Waals surface area (Å²) >= 11 is 0. The van der Waals surface area contributed by atoms with E-state index < -0.39 is 50.3 Å². The number of anilines is 1. The molecule has 0 saturated carbocycles. The van der Waals surface area contributed by atoms with E-state index in [2.05, 4.69) is 30.1 Å². The quantitative estimate of drug-likeness (QED) is 0.0660. The number of nitrogens with two attached hydrogens (primary N) is 1. The van der Waals surface area contributed by atoms with E-state index in [9.17, 15) is 20.0 Å². The van der Waals surface area contributed by atoms with Crippen LogP contribution >= 0.6 is 7.75 Å². The smallest absolute Gasteiger partial charge is 0.459 e. The number of aliphatic hydroxyl groups is 1. The second-order valence-electron chi connectivity index (χ2n) is 10.3. The van der Waals surface area contributed by atoms with E-state index >= 15 is 0 Å². The van der Waals surface area contributed by atoms with E-state index in [-0.39, 0.29) is 35.3 Å². The average molecular weight is 642 g/mol. The van der Waals surface area contributed by atoms with Crippen LogP contribution in [0.4, 0.5) is 5.95 Å². The molecule has 45 heavy (non-hydrogen) atoms. The number of aliphatic hydroxyl groups excluding tert-OH is 1. The van der Waals surface area contributed by atoms with Gasteiger partial charge in [-0.05, 0) is 37.8 Å². The first-order chi connectivity index (χ1) is 21.5. The van der Waals surface area contributed by atoms with Gasteiger partial charge in [0.1, 0.15) is 23.4 Å². The second kappa shape index (κ2) is 12.9. The number of hydrogen-bond acceptors (Lipinski definition) is 13. The number of nitrogens with zero attached hydrogens (tertiary/aromatic N) is 7. The lowest BCUT2D eigenvalue weighted by atomic mass is 9.93. The highest BCUT2D eigenvalue weighted by atomic mass is 31.2. The summed E-state index contributed by atoms with van der Waals surface area (Å²) in [7, 11) is -3.18. The Kier molecular flexibility index (Phi) is 9.11. The summed E-state index contributed by atoms with van der Waals surface area (Å²) in [6.07, 6.45) is -2.51. The Bertz CT molecular complexity index is 1810. The molecule has 238 valence electrons. The van der Waals surface area contributed by atoms with Crippen molar-refractivity contribution in [2.45, 2.75) is 50.8 Å². The standard InChI is InChI=1S/C27H32N9O8P/c1-5-41-23-20-22(31-26(28)32-23)36(14-30-20)25-27(3,34-35-29)21(37)19(43-25)13-42-45(39,33-15(2)24(38)40-4)44-18-12-8-10-16-9-6-7-11-17(16)18/h6-12,14-15,19,21,25,37H,5,13H2,1-4H3,(H,33,39)(H2,28,31,32)/t15-,19+,21+,25+,27+,45?/m0/s1. The molecule has 1 aliphatic rings. The first-order valence-electron chi connectivity index (χ1n) is 13.8. The summed E-state index contributed by atoms with van der Waals surface area (Å²) in [6.45, 7) is 4.44. The number of carbonyl (C=O) groups excluding carboxylic acids is 1. The normalized spacial score (nSPS) is 23.3. The van der Waals surface area contributed by atoms with Crippen molar-refractivity contribution in [1.29, 1.82) is 0 Å². The number of benzene rings is 2. The maximum Gasteiger partial charge on any atom is 0.459 e. The van der Waals surface area contributed by atoms with E-state index in [1.54, 1.807) is 31.2 Å². The highest BCUT2D eigenvalue weighted by molar-refractivity contribution is 7.52. The summed E-state index contributed by atoms with van der Waals surface area (Å²) in [5, 5.41) is 19.3. The van der Waals surface area contributed by atoms with Crippen LogP contribution in [0, 0.1) is 0 Å². The van der Waals surface area contributed by atoms with Gasteiger partial charge in [0, 0.05) is 10.3 Å². The van der Waals surface area contributed by atoms with Gasteiger partial charge in [0.2, 0.25) is 11.8 Å². The fourth-order valence-corrected chi connectivity index (χ4v) is 6.55. The molecule has 0 radical (unpaired) electrons. The molecular formula is C27H32N9O8P. The molecule has 6 atom stereocenters. The van der Waals surface area contributed by atoms with Crippen molar-refractivity contribution in [2.24, 2.45) is 5.11 Å². The SMILES string of the molecule is CCOc1nc(N)nc2c1ncn2[C@@H]1O[C@H](COP(=O)(N[C@@H](C)C(=O)OC)Oc2cccc3ccccc23)[C@@H](O)[C@@]1(C)N=[N+]=[N-]. The molecule has 4 N–H and O–H groups in total. The minimum absolute atomic E-state index is 0.103. The highest BCUT2D eigenvalue weighted by Crippen LogP contribution is 2.49. The summed E-state index contributed by atoms with van der Waals surface area (Å²) in [6, 6.07) is 11.3. The third-order valence-electron chi connectivity index (χ3n) is 7.24. The van der Waals surface area contributed by atoms with Gasteiger partial charge >= 0.3 is 13.7 Å². The fourth-order valence-electron chi connectivity index (χ4n) is 5.03. The summed E-state index contributed by atoms with van der Waals surface area (Å²) < 4.78 is 43.8. The van der Waals surface area contributed by atoms with E-state index in [0.717, 1.165) is 5.39 Å². The predicted molar refractivity (Wildman–Crippen MR) is 161 cm³/mol. The molecule has 2 aromatic heterocycles. The number of aromatic nitrogens is 4. The van der Waals surface area contributed by atoms with Crippen molar-refractivity contribution in [2.75, 3.05) is 26.1 Å². The Morgan fingerprint density at radius 3 is 2.80 bits per heavy atom. The number of nitrogen functional groups attached to an aromatic ring is 1. The predicted octanol–water partition coefficient (Wildman–Crippen LogP) is 3.64. The third-order valence-corrected chi connectivity index (χ3v) is 8.87. The van der Waals surface area contributed by atoms with Crippen LogP contribution < -0.4 is 20.1 Å². The van der Waals surface area contributed by atoms with Gasteiger partial charge in [-0.15, -0.1) is 0 Å². The van der Waals surface area contributed by atoms with Crippen molar-refractivity contribution in [3.05, 3.63) is 59.2 Å². The molecule has 17 nitrogen and oxygen atoms in total. The van der Waals surface area contributed by atoms with Gasteiger partial charge in [-0.25, -0.2) is 9.55 Å². The minimum atomic E-state index is -4.36. The van der Waals surface area contributed by atoms with Crippen LogP contribution in [-0.2, 0) is 23.4 Å². The number of azide groups is 1. The van der Waals surface area contributed by atoms with E-state index in [1.165, 1.54) is 31.9 Å². The van der Waals surface area contributed by atoms with Gasteiger partial charge in [0.05, 0.1) is 32.8 Å². The van der Waals surface area contributed by atoms with Crippen molar-refractivity contribution in [3.63, 3.8) is 0 Å². The monoisotopic (exact) mass is 641 g/mol. The van der Waals surface area contributed by atoms with Gasteiger partial charge in [-0.3, -0.25) is 13.9 Å². The summed E-state index contributed by atoms with van der Waals surface area (Å²) in [5.41, 5.74) is 14.2. The number of imidazole rings is 1. The van der Waals surface area contributed by atoms with Crippen molar-refractivity contribution >= 4 is 41.6 Å². The molecule has 0 bridgehead atoms. The van der Waals surface area contributed by atoms with Crippen LogP contribution in [-0.4, -0.2) is 74.7 Å². The van der Waals surface area contributed by atoms with Gasteiger partial charge in [0.25, 0.3) is 0 Å². The lowest BCUT2D eigenvalue weighted by Crippen LogP contribution is -2.43. The topological polar surface area (TPSA) is 231 Å². The number of esters is 1. The van der Waals surface area contributed by atoms with Gasteiger partial charge < -0.3 is 29.6 Å². The zero-order chi connectivity index (χ0) is 32.4. The Morgan fingerprint density at radius 1 is 1.31 bits per heavy atom. The fraction of sp³-hybridized carbons (Fsp3) is 0.407. The van der Waals surface area contributed by atoms with E-state index in [0.29, 0.717) is 5.39 Å². The molecular weight excluding hydrogens is 609 g/mol. The Labute approximate surface area is 256 Å². The highest BCUT2D eigenvalue weighted by Gasteiger charge is 2.55. The Hall–Kier alpha value is -4.50. The molecule has 3 heterocycles. The minimum Gasteiger partial charge on any atom is -0.476 e. The van der Waals surface area contributed by atoms with Crippen LogP contribution in [0.2, 0.25) is 0 Å². The van der Waals surface area contributed by atoms with Crippen LogP contribution in [0.15, 0.2) is 53.9 Å². The van der Waals surface area contributed by atoms with Crippen molar-refractivity contribution in [1.82, 2.24) is 24.6 Å². The zero-order valence-corrected chi connectivity index (χ0v) is 25.7. The summed E-state index contributed by atoms with van der Waals surface area (Å²) in [5.74, 6) is -0.458. The maximum absolute atomic E-state index is 14.2. The number of methoxy groups -OCH3 is 1. The molecule has 0 aliphatic carbocycles. The van der Waals surface area contributed by atoms with Crippen molar-refractivity contribution < 1.29 is 37.7 Å². The molecule has 1 aliphatic heterocycles. The molecule has 1 fully saturated rings. The Balaban J connectivity index is 1.46. The van der Waals surface area contributed by atoms with Crippen molar-refractivity contribution in [3.8, 4) is 11.6 Å². The first-order valence-corrected chi connectivity index (χ1v) is 15.4. The number of rotatable bonds is 12. The number of ether oxygens (including phenoxy) is 3. The third kappa shape index (κ3) is 6.22. The van der Waals surface area contributed by atoms with Gasteiger partial charge in [-0.2, -0.15) is 15.1 Å². The van der Waals surface area contributed by atoms with E-state index in [1.807, 2.05) is 18.2 Å². The lowest BCUT2D eigenvalue weighted by Gasteiger charge is -2.28. The first kappa shape index (κ1) is 31.9. The number of nitrogens with one attached hydrogen (secondary N) is 1. The number of fused-ring (bicyclic) bond motifs is 2. The van der Waals surface area contributed by atoms with Gasteiger partial charge in [0.15, 0.2) is 17.4 Å². The molecule has 0 amide bonds. The molecule has 2 aromatic carbocycles. The molecule has 1 saturated heterocycles. The van der Waals surface area contributed by atoms with Crippen LogP contribution in [0.5, 0.6) is 11.6 Å². The molecule has 1 unspecified atom stereocenters. The number of hydrogen-bond donors (Lipinski definition) is 3. The van der Waals surface area contributed by atoms with Gasteiger partial charge in [-0.1, -0.05) is 41.5 Å². The van der Waals surface area contributed by atoms with Crippen LogP contribution in [0.25, 0.3) is 32.4 Å². The molecule has 18 heteroatoms. The number of carbonyl (C=O) groups is 1. The maximum atomic E-state index is 14.2. The molecule has 4 aromatic rings. The second-order valence-corrected chi connectivity index (χ2v) is 12.0. The molecule has 5 rings (SSSR count). The average Bonchev–Trinajstić information content (AvgIpc) is 3.54. The lowest BCUT2D eigenvalue weighted by molar-refractivity contribution is -0.142.